The van der Waals surface area contributed by atoms with Crippen LogP contribution in [0.4, 0.5) is 27.8 Å². The number of alkyl halides is 5. The number of benzene rings is 2. The molecule has 0 amide bonds. The van der Waals surface area contributed by atoms with Crippen LogP contribution in [-0.2, 0) is 19.1 Å². The van der Waals surface area contributed by atoms with E-state index in [-0.39, 0.29) is 41.3 Å². The second-order valence-electron chi connectivity index (χ2n) is 10.4. The highest BCUT2D eigenvalue weighted by molar-refractivity contribution is 5.87. The Bertz CT molecular complexity index is 1670. The molecule has 4 aromatic rings. The lowest BCUT2D eigenvalue weighted by atomic mass is 9.93. The van der Waals surface area contributed by atoms with Gasteiger partial charge in [-0.1, -0.05) is 26.3 Å². The first-order valence-corrected chi connectivity index (χ1v) is 14.2. The summed E-state index contributed by atoms with van der Waals surface area (Å²) in [5.41, 5.74) is 0.179. The number of carbonyl (C=O) groups is 1. The van der Waals surface area contributed by atoms with E-state index in [9.17, 15) is 26.7 Å². The predicted octanol–water partition coefficient (Wildman–Crippen LogP) is 7.79. The number of anilines is 1. The largest absolute Gasteiger partial charge is 0.586 e. The fourth-order valence-electron chi connectivity index (χ4n) is 4.97. The molecule has 2 aromatic carbocycles. The van der Waals surface area contributed by atoms with Crippen LogP contribution in [0.2, 0.25) is 0 Å². The van der Waals surface area contributed by atoms with Crippen molar-refractivity contribution in [1.82, 2.24) is 14.8 Å². The van der Waals surface area contributed by atoms with Gasteiger partial charge in [0.2, 0.25) is 0 Å². The molecule has 0 saturated heterocycles. The second kappa shape index (κ2) is 12.6. The highest BCUT2D eigenvalue weighted by atomic mass is 19.4. The van der Waals surface area contributed by atoms with E-state index in [1.807, 2.05) is 0 Å². The van der Waals surface area contributed by atoms with Gasteiger partial charge in [-0.2, -0.15) is 18.3 Å². The number of carboxylic acid groups (broad SMARTS) is 1. The number of pyridine rings is 1. The number of hydrogen-bond donors (Lipinski definition) is 2. The van der Waals surface area contributed by atoms with E-state index >= 15 is 0 Å². The summed E-state index contributed by atoms with van der Waals surface area (Å²) in [4.78, 5) is 15.4. The van der Waals surface area contributed by atoms with E-state index in [0.717, 1.165) is 0 Å². The summed E-state index contributed by atoms with van der Waals surface area (Å²) in [6.45, 7) is 4.39. The number of rotatable bonds is 7. The maximum absolute atomic E-state index is 14.0. The minimum absolute atomic E-state index is 0.0318. The molecule has 1 aliphatic heterocycles. The van der Waals surface area contributed by atoms with Crippen LogP contribution < -0.4 is 19.5 Å². The van der Waals surface area contributed by atoms with Gasteiger partial charge in [0, 0.05) is 24.4 Å². The zero-order valence-corrected chi connectivity index (χ0v) is 24.2. The molecule has 0 spiro atoms. The third-order valence-corrected chi connectivity index (χ3v) is 6.80. The van der Waals surface area contributed by atoms with E-state index < -0.39 is 30.2 Å². The summed E-state index contributed by atoms with van der Waals surface area (Å²) < 4.78 is 84.9. The zero-order valence-electron chi connectivity index (χ0n) is 24.2. The van der Waals surface area contributed by atoms with Crippen molar-refractivity contribution in [3.63, 3.8) is 0 Å². The third-order valence-electron chi connectivity index (χ3n) is 6.80. The summed E-state index contributed by atoms with van der Waals surface area (Å²) in [5.74, 6) is -0.727. The molecule has 0 fully saturated rings. The van der Waals surface area contributed by atoms with E-state index in [4.69, 9.17) is 9.84 Å². The van der Waals surface area contributed by atoms with Gasteiger partial charge in [-0.3, -0.25) is 0 Å². The minimum atomic E-state index is -4.70. The smallest absolute Gasteiger partial charge is 0.484 e. The molecule has 1 atom stereocenters. The van der Waals surface area contributed by atoms with Crippen LogP contribution in [0, 0.1) is 0 Å². The molecule has 45 heavy (non-hydrogen) atoms. The molecule has 9 nitrogen and oxygen atoms in total. The number of aromatic nitrogens is 3. The van der Waals surface area contributed by atoms with Crippen molar-refractivity contribution in [2.24, 2.45) is 0 Å². The van der Waals surface area contributed by atoms with Gasteiger partial charge in [0.15, 0.2) is 17.2 Å². The standard InChI is InChI=1S/C28H21F5N4O5.C3H8/c29-27(30,31)25-19-2-1-3-21(40-18-7-5-16(6-8-18)26(38)39)24(19)37(36-25)17-10-11-34-23(13-17)35-14-15-4-9-20-22(12-15)42-28(32,33)41-20;1-3-2/h4-13,21H,1-3,14H2,(H,34,35)(H,38,39);3H2,1-2H3. The van der Waals surface area contributed by atoms with Crippen LogP contribution >= 0.6 is 0 Å². The van der Waals surface area contributed by atoms with E-state index in [2.05, 4.69) is 38.7 Å². The fraction of sp³-hybridized carbons (Fsp3) is 0.323. The Labute approximate surface area is 254 Å². The summed E-state index contributed by atoms with van der Waals surface area (Å²) in [6, 6.07) is 12.9. The molecular weight excluding hydrogens is 603 g/mol. The van der Waals surface area contributed by atoms with E-state index in [1.54, 1.807) is 6.07 Å². The van der Waals surface area contributed by atoms with Gasteiger partial charge in [0.1, 0.15) is 17.7 Å². The Morgan fingerprint density at radius 3 is 2.49 bits per heavy atom. The molecule has 0 radical (unpaired) electrons. The monoisotopic (exact) mass is 632 g/mol. The second-order valence-corrected chi connectivity index (χ2v) is 10.4. The summed E-state index contributed by atoms with van der Waals surface area (Å²) >= 11 is 0. The number of nitrogens with one attached hydrogen (secondary N) is 1. The van der Waals surface area contributed by atoms with Crippen molar-refractivity contribution in [3.05, 3.63) is 88.9 Å². The van der Waals surface area contributed by atoms with Gasteiger partial charge in [0.05, 0.1) is 16.9 Å². The lowest BCUT2D eigenvalue weighted by Crippen LogP contribution is -2.25. The van der Waals surface area contributed by atoms with Crippen LogP contribution in [0.3, 0.4) is 0 Å². The third kappa shape index (κ3) is 7.10. The van der Waals surface area contributed by atoms with Crippen LogP contribution in [-0.4, -0.2) is 32.1 Å². The Balaban J connectivity index is 0.00000128. The minimum Gasteiger partial charge on any atom is -0.484 e. The molecule has 2 aromatic heterocycles. The lowest BCUT2D eigenvalue weighted by Gasteiger charge is -2.26. The van der Waals surface area contributed by atoms with Gasteiger partial charge in [-0.25, -0.2) is 14.5 Å². The molecule has 6 rings (SSSR count). The predicted molar refractivity (Wildman–Crippen MR) is 152 cm³/mol. The Kier molecular flexibility index (Phi) is 8.84. The van der Waals surface area contributed by atoms with Gasteiger partial charge in [-0.15, -0.1) is 8.78 Å². The molecule has 1 unspecified atom stereocenters. The van der Waals surface area contributed by atoms with Crippen molar-refractivity contribution in [1.29, 1.82) is 0 Å². The van der Waals surface area contributed by atoms with Gasteiger partial charge < -0.3 is 24.6 Å². The molecule has 238 valence electrons. The number of halogens is 5. The van der Waals surface area contributed by atoms with Crippen molar-refractivity contribution in [3.8, 4) is 22.9 Å². The topological polar surface area (TPSA) is 108 Å². The number of hydrogen-bond acceptors (Lipinski definition) is 7. The molecule has 2 N–H and O–H groups in total. The van der Waals surface area contributed by atoms with Crippen molar-refractivity contribution >= 4 is 11.8 Å². The van der Waals surface area contributed by atoms with Gasteiger partial charge in [-0.05, 0) is 67.3 Å². The maximum atomic E-state index is 14.0. The van der Waals surface area contributed by atoms with E-state index in [1.165, 1.54) is 65.8 Å². The highest BCUT2D eigenvalue weighted by Gasteiger charge is 2.44. The normalized spacial score (nSPS) is 16.3. The average Bonchev–Trinajstić information content (AvgIpc) is 3.54. The first-order chi connectivity index (χ1) is 21.4. The Morgan fingerprint density at radius 1 is 1.09 bits per heavy atom. The van der Waals surface area contributed by atoms with Crippen LogP contribution in [0.25, 0.3) is 5.69 Å². The maximum Gasteiger partial charge on any atom is 0.586 e. The first kappa shape index (κ1) is 31.5. The Morgan fingerprint density at radius 2 is 1.80 bits per heavy atom. The molecule has 0 saturated carbocycles. The fourth-order valence-corrected chi connectivity index (χ4v) is 4.97. The quantitative estimate of drug-likeness (QED) is 0.199. The van der Waals surface area contributed by atoms with Crippen LogP contribution in [0.5, 0.6) is 17.2 Å². The molecular formula is C31H29F5N4O5. The van der Waals surface area contributed by atoms with Crippen molar-refractivity contribution < 1.29 is 46.1 Å². The van der Waals surface area contributed by atoms with Gasteiger partial charge in [0.25, 0.3) is 0 Å². The average molecular weight is 633 g/mol. The highest BCUT2D eigenvalue weighted by Crippen LogP contribution is 2.43. The molecule has 14 heteroatoms. The Hall–Kier alpha value is -4.88. The number of aromatic carboxylic acids is 1. The van der Waals surface area contributed by atoms with Crippen LogP contribution in [0.15, 0.2) is 60.8 Å². The lowest BCUT2D eigenvalue weighted by molar-refractivity contribution is -0.286. The van der Waals surface area contributed by atoms with Crippen molar-refractivity contribution in [2.75, 3.05) is 5.32 Å². The zero-order chi connectivity index (χ0) is 32.4. The molecule has 0 bridgehead atoms. The molecule has 3 heterocycles. The first-order valence-electron chi connectivity index (χ1n) is 14.2. The summed E-state index contributed by atoms with van der Waals surface area (Å²) in [5, 5.41) is 16.1. The van der Waals surface area contributed by atoms with Crippen LogP contribution in [0.1, 0.15) is 72.1 Å². The summed E-state index contributed by atoms with van der Waals surface area (Å²) in [7, 11) is 0. The molecule has 2 aliphatic rings. The molecule has 1 aliphatic carbocycles. The van der Waals surface area contributed by atoms with E-state index in [0.29, 0.717) is 35.7 Å². The van der Waals surface area contributed by atoms with Gasteiger partial charge >= 0.3 is 18.4 Å². The number of fused-ring (bicyclic) bond motifs is 2. The van der Waals surface area contributed by atoms with Crippen molar-refractivity contribution in [2.45, 2.75) is 64.7 Å². The SMILES string of the molecule is CCC.O=C(O)c1ccc(OC2CCCc3c(C(F)(F)F)nn(-c4ccnc(NCc5ccc6c(c5)OC(F)(F)O6)c4)c32)cc1. The number of nitrogens with zero attached hydrogens (tertiary/aromatic N) is 3. The number of carboxylic acids is 1. The summed E-state index contributed by atoms with van der Waals surface area (Å²) in [6.07, 6.45) is -5.58. The number of ether oxygens (including phenoxy) is 3.